The largest absolute Gasteiger partial charge is 0.508 e. The summed E-state index contributed by atoms with van der Waals surface area (Å²) >= 11 is 0. The van der Waals surface area contributed by atoms with Crippen molar-refractivity contribution in [3.05, 3.63) is 29.8 Å². The number of phenolic OH excluding ortho intramolecular Hbond substituents is 1. The van der Waals surface area contributed by atoms with Crippen molar-refractivity contribution >= 4 is 0 Å². The summed E-state index contributed by atoms with van der Waals surface area (Å²) in [5.74, 6) is -0.0983. The Kier molecular flexibility index (Phi) is 2.24. The van der Waals surface area contributed by atoms with Gasteiger partial charge in [0.1, 0.15) is 5.75 Å². The van der Waals surface area contributed by atoms with Crippen LogP contribution in [0.2, 0.25) is 0 Å². The molecule has 104 valence electrons. The predicted octanol–water partition coefficient (Wildman–Crippen LogP) is 3.10. The van der Waals surface area contributed by atoms with Crippen LogP contribution in [-0.2, 0) is 4.74 Å². The molecule has 2 aliphatic rings. The first kappa shape index (κ1) is 8.28. The normalized spacial score (nSPS) is 34.7. The zero-order chi connectivity index (χ0) is 17.6. The Hall–Kier alpha value is -1.06. The van der Waals surface area contributed by atoms with E-state index < -0.39 is 19.3 Å². The molecule has 0 radical (unpaired) electrons. The van der Waals surface area contributed by atoms with Gasteiger partial charge in [0.05, 0.1) is 15.0 Å². The van der Waals surface area contributed by atoms with Gasteiger partial charge in [-0.15, -0.1) is 0 Å². The van der Waals surface area contributed by atoms with Crippen LogP contribution in [0.5, 0.6) is 5.75 Å². The van der Waals surface area contributed by atoms with Crippen molar-refractivity contribution in [2.24, 2.45) is 0 Å². The van der Waals surface area contributed by atoms with Crippen molar-refractivity contribution < 1.29 is 16.7 Å². The maximum atomic E-state index is 9.53. The molecule has 1 saturated heterocycles. The van der Waals surface area contributed by atoms with Crippen molar-refractivity contribution in [1.29, 1.82) is 0 Å². The quantitative estimate of drug-likeness (QED) is 0.848. The average molecular weight is 266 g/mol. The molecule has 1 spiro atoms. The second kappa shape index (κ2) is 5.14. The first-order valence-corrected chi connectivity index (χ1v) is 6.91. The number of nitrogens with zero attached hydrogens (tertiary/aromatic N) is 1. The zero-order valence-electron chi connectivity index (χ0n) is 15.9. The molecule has 0 bridgehead atoms. The molecular weight excluding hydrogens is 238 g/mol. The van der Waals surface area contributed by atoms with Crippen molar-refractivity contribution in [3.8, 4) is 5.75 Å². The fourth-order valence-electron chi connectivity index (χ4n) is 3.32. The lowest BCUT2D eigenvalue weighted by molar-refractivity contribution is -0.161. The van der Waals surface area contributed by atoms with Gasteiger partial charge < -0.3 is 9.84 Å². The van der Waals surface area contributed by atoms with Crippen LogP contribution in [0.1, 0.15) is 50.4 Å². The molecule has 1 saturated carbocycles. The van der Waals surface area contributed by atoms with E-state index in [1.54, 1.807) is 24.3 Å². The van der Waals surface area contributed by atoms with E-state index in [0.29, 0.717) is 12.8 Å². The third-order valence-corrected chi connectivity index (χ3v) is 4.35. The molecule has 19 heavy (non-hydrogen) atoms. The molecule has 2 fully saturated rings. The van der Waals surface area contributed by atoms with Crippen LogP contribution in [0.25, 0.3) is 0 Å². The highest BCUT2D eigenvalue weighted by Crippen LogP contribution is 2.45. The van der Waals surface area contributed by atoms with E-state index in [-0.39, 0.29) is 18.2 Å². The van der Waals surface area contributed by atoms with E-state index in [4.69, 9.17) is 11.6 Å². The smallest absolute Gasteiger partial charge is 0.115 e. The van der Waals surface area contributed by atoms with E-state index in [9.17, 15) is 5.11 Å². The summed E-state index contributed by atoms with van der Waals surface area (Å²) in [6, 6.07) is 6.71. The first-order chi connectivity index (χ1) is 11.1. The lowest BCUT2D eigenvalue weighted by Crippen LogP contribution is -2.52. The van der Waals surface area contributed by atoms with Gasteiger partial charge >= 0.3 is 0 Å². The Labute approximate surface area is 122 Å². The zero-order valence-corrected chi connectivity index (χ0v) is 10.9. The fraction of sp³-hybridized carbons (Fsp3) is 0.625. The lowest BCUT2D eigenvalue weighted by Gasteiger charge is -2.49. The molecule has 1 aromatic carbocycles. The third-order valence-electron chi connectivity index (χ3n) is 4.35. The van der Waals surface area contributed by atoms with Crippen LogP contribution in [0.4, 0.5) is 0 Å². The topological polar surface area (TPSA) is 32.7 Å². The Morgan fingerprint density at radius 1 is 1.32 bits per heavy atom. The van der Waals surface area contributed by atoms with Gasteiger partial charge in [-0.25, -0.2) is 0 Å². The van der Waals surface area contributed by atoms with Crippen molar-refractivity contribution in [1.82, 2.24) is 4.90 Å². The lowest BCUT2D eigenvalue weighted by atomic mass is 9.71. The molecule has 1 aliphatic carbocycles. The van der Waals surface area contributed by atoms with Crippen LogP contribution in [-0.4, -0.2) is 35.8 Å². The number of ether oxygens (including phenoxy) is 1. The fourth-order valence-corrected chi connectivity index (χ4v) is 3.32. The van der Waals surface area contributed by atoms with Crippen molar-refractivity contribution in [3.63, 3.8) is 0 Å². The highest BCUT2D eigenvalue weighted by molar-refractivity contribution is 5.31. The van der Waals surface area contributed by atoms with Gasteiger partial charge in [0.25, 0.3) is 0 Å². The summed E-state index contributed by atoms with van der Waals surface area (Å²) < 4.78 is 45.2. The molecule has 1 aliphatic heterocycles. The number of aromatic hydroxyl groups is 1. The monoisotopic (exact) mass is 266 g/mol. The second-order valence-corrected chi connectivity index (χ2v) is 5.57. The number of hydrogen-bond donors (Lipinski definition) is 1. The molecule has 3 rings (SSSR count). The van der Waals surface area contributed by atoms with E-state index in [1.807, 2.05) is 0 Å². The summed E-state index contributed by atoms with van der Waals surface area (Å²) in [7, 11) is 0. The van der Waals surface area contributed by atoms with E-state index >= 15 is 0 Å². The van der Waals surface area contributed by atoms with Gasteiger partial charge in [-0.1, -0.05) is 31.4 Å². The maximum Gasteiger partial charge on any atom is 0.115 e. The van der Waals surface area contributed by atoms with Gasteiger partial charge in [0.2, 0.25) is 0 Å². The Morgan fingerprint density at radius 3 is 2.74 bits per heavy atom. The molecule has 1 aromatic rings. The van der Waals surface area contributed by atoms with Crippen LogP contribution >= 0.6 is 0 Å². The molecule has 1 N–H and O–H groups in total. The van der Waals surface area contributed by atoms with Crippen molar-refractivity contribution in [2.75, 3.05) is 20.2 Å². The Morgan fingerprint density at radius 2 is 2.05 bits per heavy atom. The number of benzene rings is 1. The highest BCUT2D eigenvalue weighted by atomic mass is 16.5. The van der Waals surface area contributed by atoms with Crippen LogP contribution in [0.3, 0.4) is 0 Å². The summed E-state index contributed by atoms with van der Waals surface area (Å²) in [6.45, 7) is -4.83. The number of hydrogen-bond acceptors (Lipinski definition) is 3. The predicted molar refractivity (Wildman–Crippen MR) is 75.2 cm³/mol. The van der Waals surface area contributed by atoms with Gasteiger partial charge in [-0.05, 0) is 37.5 Å². The first-order valence-electron chi connectivity index (χ1n) is 9.41. The average Bonchev–Trinajstić information content (AvgIpc) is 2.47. The minimum absolute atomic E-state index is 0.0638. The molecule has 1 unspecified atom stereocenters. The van der Waals surface area contributed by atoms with E-state index in [2.05, 4.69) is 0 Å². The van der Waals surface area contributed by atoms with E-state index in [1.165, 1.54) is 0 Å². The van der Waals surface area contributed by atoms with Gasteiger partial charge in [-0.2, -0.15) is 0 Å². The maximum absolute atomic E-state index is 9.53. The third kappa shape index (κ3) is 2.49. The SMILES string of the molecule is [2H]C([2H])([2H])N1CC(c2ccc(O)cc2)C2(CCCCC2)OC1([2H])[2H]. The Balaban J connectivity index is 2.02. The van der Waals surface area contributed by atoms with Crippen molar-refractivity contribution in [2.45, 2.75) is 43.6 Å². The molecule has 1 atom stereocenters. The summed E-state index contributed by atoms with van der Waals surface area (Å²) in [6.07, 6.45) is 4.40. The molecule has 3 heteroatoms. The van der Waals surface area contributed by atoms with E-state index in [0.717, 1.165) is 29.7 Å². The molecule has 1 heterocycles. The Bertz CT molecular complexity index is 581. The van der Waals surface area contributed by atoms with Gasteiger partial charge in [0, 0.05) is 16.6 Å². The van der Waals surface area contributed by atoms with Gasteiger partial charge in [0.15, 0.2) is 0 Å². The molecule has 0 aromatic heterocycles. The van der Waals surface area contributed by atoms with Gasteiger partial charge in [-0.3, -0.25) is 4.90 Å². The minimum atomic E-state index is -2.57. The molecule has 3 nitrogen and oxygen atoms in total. The van der Waals surface area contributed by atoms with Crippen LogP contribution in [0, 0.1) is 0 Å². The van der Waals surface area contributed by atoms with Crippen LogP contribution in [0.15, 0.2) is 24.3 Å². The van der Waals surface area contributed by atoms with Crippen LogP contribution < -0.4 is 0 Å². The summed E-state index contributed by atoms with van der Waals surface area (Å²) in [5.41, 5.74) is 0.181. The number of rotatable bonds is 1. The summed E-state index contributed by atoms with van der Waals surface area (Å²) in [4.78, 5) is 0.831. The standard InChI is InChI=1S/C16H23NO2/c1-17-11-15(13-5-7-14(18)8-6-13)16(19-12-17)9-3-2-4-10-16/h5-8,15,18H,2-4,9-12H2,1H3/i1D3,12D2. The highest BCUT2D eigenvalue weighted by Gasteiger charge is 2.44. The summed E-state index contributed by atoms with van der Waals surface area (Å²) in [5, 5.41) is 9.53. The second-order valence-electron chi connectivity index (χ2n) is 5.57. The molecule has 0 amide bonds. The molecular formula is C16H23NO2. The number of likely N-dealkylation sites (N-methyl/N-ethyl adjacent to an activating group) is 1. The number of phenols is 1. The minimum Gasteiger partial charge on any atom is -0.508 e.